The van der Waals surface area contributed by atoms with Crippen LogP contribution in [-0.4, -0.2) is 42.3 Å². The van der Waals surface area contributed by atoms with Crippen molar-refractivity contribution >= 4 is 23.7 Å². The summed E-state index contributed by atoms with van der Waals surface area (Å²) in [6.07, 6.45) is 6.78. The van der Waals surface area contributed by atoms with E-state index in [0.29, 0.717) is 11.3 Å². The Morgan fingerprint density at radius 1 is 1.19 bits per heavy atom. The van der Waals surface area contributed by atoms with E-state index in [1.165, 1.54) is 30.9 Å². The van der Waals surface area contributed by atoms with Gasteiger partial charge in [0.25, 0.3) is 5.91 Å². The number of hydrogen-bond acceptors (Lipinski definition) is 8. The number of hydrogen-bond donors (Lipinski definition) is 3. The molecular formula is C16H11ClN6O3. The van der Waals surface area contributed by atoms with E-state index in [0.717, 1.165) is 6.20 Å². The lowest BCUT2D eigenvalue weighted by Crippen LogP contribution is -2.18. The minimum Gasteiger partial charge on any atom is -0.506 e. The Morgan fingerprint density at radius 3 is 2.77 bits per heavy atom. The molecule has 0 fully saturated rings. The molecule has 26 heavy (non-hydrogen) atoms. The van der Waals surface area contributed by atoms with Crippen LogP contribution >= 0.6 is 11.6 Å². The Labute approximate surface area is 152 Å². The van der Waals surface area contributed by atoms with Crippen molar-refractivity contribution < 1.29 is 15.0 Å². The summed E-state index contributed by atoms with van der Waals surface area (Å²) in [4.78, 5) is 27.8. The topological polar surface area (TPSA) is 133 Å². The summed E-state index contributed by atoms with van der Waals surface area (Å²) in [7, 11) is 0. The van der Waals surface area contributed by atoms with Gasteiger partial charge >= 0.3 is 0 Å². The second-order valence-corrected chi connectivity index (χ2v) is 5.28. The number of hydrazone groups is 1. The molecule has 0 atom stereocenters. The number of phenolic OH excluding ortho intramolecular Hbond substituents is 1. The number of benzene rings is 1. The molecular weight excluding hydrogens is 360 g/mol. The molecule has 0 saturated carbocycles. The van der Waals surface area contributed by atoms with E-state index in [2.05, 4.69) is 30.5 Å². The number of phenols is 1. The average Bonchev–Trinajstić information content (AvgIpc) is 2.65. The molecule has 130 valence electrons. The predicted octanol–water partition coefficient (Wildman–Crippen LogP) is 1.76. The van der Waals surface area contributed by atoms with E-state index in [-0.39, 0.29) is 22.2 Å². The summed E-state index contributed by atoms with van der Waals surface area (Å²) in [5, 5.41) is 23.3. The maximum atomic E-state index is 12.1. The van der Waals surface area contributed by atoms with Crippen LogP contribution in [0.15, 0.2) is 48.1 Å². The minimum absolute atomic E-state index is 0.102. The Bertz CT molecular complexity index is 981. The summed E-state index contributed by atoms with van der Waals surface area (Å²) in [5.74, 6) is -1.22. The van der Waals surface area contributed by atoms with Crippen LogP contribution in [0.1, 0.15) is 15.9 Å². The van der Waals surface area contributed by atoms with Gasteiger partial charge in [0.2, 0.25) is 5.88 Å². The van der Waals surface area contributed by atoms with Crippen LogP contribution in [0.2, 0.25) is 5.02 Å². The summed E-state index contributed by atoms with van der Waals surface area (Å²) < 4.78 is 0. The summed E-state index contributed by atoms with van der Waals surface area (Å²) in [6, 6.07) is 4.61. The first-order valence-electron chi connectivity index (χ1n) is 7.19. The quantitative estimate of drug-likeness (QED) is 0.470. The lowest BCUT2D eigenvalue weighted by Gasteiger charge is -2.04. The molecule has 0 aliphatic rings. The molecule has 0 spiro atoms. The fourth-order valence-electron chi connectivity index (χ4n) is 1.93. The third-order valence-corrected chi connectivity index (χ3v) is 3.60. The van der Waals surface area contributed by atoms with Crippen LogP contribution in [0.4, 0.5) is 0 Å². The minimum atomic E-state index is -0.722. The van der Waals surface area contributed by atoms with Crippen molar-refractivity contribution in [1.29, 1.82) is 0 Å². The van der Waals surface area contributed by atoms with Crippen molar-refractivity contribution in [3.63, 3.8) is 0 Å². The van der Waals surface area contributed by atoms with Gasteiger partial charge in [0, 0.05) is 24.2 Å². The summed E-state index contributed by atoms with van der Waals surface area (Å²) in [6.45, 7) is 0. The highest BCUT2D eigenvalue weighted by atomic mass is 35.5. The second kappa shape index (κ2) is 7.53. The summed E-state index contributed by atoms with van der Waals surface area (Å²) >= 11 is 5.90. The van der Waals surface area contributed by atoms with E-state index in [9.17, 15) is 15.0 Å². The zero-order valence-electron chi connectivity index (χ0n) is 13.0. The van der Waals surface area contributed by atoms with Crippen molar-refractivity contribution in [2.45, 2.75) is 0 Å². The number of carbonyl (C=O) groups excluding carboxylic acids is 1. The molecule has 10 heteroatoms. The van der Waals surface area contributed by atoms with Gasteiger partial charge in [-0.1, -0.05) is 23.7 Å². The molecule has 2 heterocycles. The number of nitrogens with one attached hydrogen (secondary N) is 1. The number of nitrogens with zero attached hydrogens (tertiary/aromatic N) is 5. The molecule has 3 N–H and O–H groups in total. The third kappa shape index (κ3) is 3.73. The van der Waals surface area contributed by atoms with Gasteiger partial charge in [-0.3, -0.25) is 9.78 Å². The van der Waals surface area contributed by atoms with Gasteiger partial charge in [0.15, 0.2) is 5.82 Å². The van der Waals surface area contributed by atoms with Crippen LogP contribution < -0.4 is 5.43 Å². The van der Waals surface area contributed by atoms with Crippen molar-refractivity contribution in [2.75, 3.05) is 0 Å². The lowest BCUT2D eigenvalue weighted by molar-refractivity contribution is 0.0951. The standard InChI is InChI=1S/C16H11ClN6O3/c17-13-9(2-1-3-12(13)24)6-21-23-16(26)10-7-20-14(22-15(10)25)11-8-18-4-5-19-11/h1-8,24H,(H,23,26)(H,20,22,25)/b21-6+. The predicted molar refractivity (Wildman–Crippen MR) is 92.9 cm³/mol. The Balaban J connectivity index is 1.74. The zero-order valence-corrected chi connectivity index (χ0v) is 13.8. The van der Waals surface area contributed by atoms with Gasteiger partial charge in [0.1, 0.15) is 17.0 Å². The van der Waals surface area contributed by atoms with Crippen LogP contribution in [0, 0.1) is 0 Å². The highest BCUT2D eigenvalue weighted by molar-refractivity contribution is 6.34. The molecule has 3 aromatic rings. The summed E-state index contributed by atoms with van der Waals surface area (Å²) in [5.41, 5.74) is 2.81. The number of rotatable bonds is 4. The largest absolute Gasteiger partial charge is 0.506 e. The van der Waals surface area contributed by atoms with E-state index < -0.39 is 11.8 Å². The Morgan fingerprint density at radius 2 is 2.04 bits per heavy atom. The fourth-order valence-corrected chi connectivity index (χ4v) is 2.10. The molecule has 0 radical (unpaired) electrons. The van der Waals surface area contributed by atoms with Crippen molar-refractivity contribution in [2.24, 2.45) is 5.10 Å². The number of amides is 1. The Hall–Kier alpha value is -3.59. The van der Waals surface area contributed by atoms with E-state index in [1.807, 2.05) is 0 Å². The van der Waals surface area contributed by atoms with Crippen molar-refractivity contribution in [3.05, 3.63) is 59.1 Å². The monoisotopic (exact) mass is 370 g/mol. The van der Waals surface area contributed by atoms with Gasteiger partial charge in [0.05, 0.1) is 17.4 Å². The van der Waals surface area contributed by atoms with Gasteiger partial charge < -0.3 is 10.2 Å². The smallest absolute Gasteiger partial charge is 0.278 e. The molecule has 3 rings (SSSR count). The van der Waals surface area contributed by atoms with Crippen molar-refractivity contribution in [1.82, 2.24) is 25.4 Å². The molecule has 0 unspecified atom stereocenters. The van der Waals surface area contributed by atoms with E-state index in [4.69, 9.17) is 11.6 Å². The SMILES string of the molecule is O=C(N/N=C/c1cccc(O)c1Cl)c1cnc(-c2cnccn2)nc1O. The molecule has 2 aromatic heterocycles. The maximum Gasteiger partial charge on any atom is 0.278 e. The van der Waals surface area contributed by atoms with E-state index >= 15 is 0 Å². The fraction of sp³-hybridized carbons (Fsp3) is 0. The highest BCUT2D eigenvalue weighted by Crippen LogP contribution is 2.25. The molecule has 1 aromatic carbocycles. The van der Waals surface area contributed by atoms with Gasteiger partial charge in [-0.2, -0.15) is 10.1 Å². The number of aromatic hydroxyl groups is 2. The number of aromatic nitrogens is 4. The van der Waals surface area contributed by atoms with Crippen molar-refractivity contribution in [3.8, 4) is 23.1 Å². The highest BCUT2D eigenvalue weighted by Gasteiger charge is 2.15. The lowest BCUT2D eigenvalue weighted by atomic mass is 10.2. The Kier molecular flexibility index (Phi) is 4.99. The van der Waals surface area contributed by atoms with Crippen LogP contribution in [0.25, 0.3) is 11.5 Å². The molecule has 0 aliphatic heterocycles. The molecule has 1 amide bonds. The number of carbonyl (C=O) groups is 1. The van der Waals surface area contributed by atoms with Crippen LogP contribution in [-0.2, 0) is 0 Å². The van der Waals surface area contributed by atoms with Gasteiger partial charge in [-0.05, 0) is 6.07 Å². The van der Waals surface area contributed by atoms with Gasteiger partial charge in [-0.15, -0.1) is 0 Å². The molecule has 0 bridgehead atoms. The maximum absolute atomic E-state index is 12.1. The molecule has 0 saturated heterocycles. The normalized spacial score (nSPS) is 10.8. The third-order valence-electron chi connectivity index (χ3n) is 3.18. The van der Waals surface area contributed by atoms with E-state index in [1.54, 1.807) is 12.1 Å². The van der Waals surface area contributed by atoms with Crippen LogP contribution in [0.3, 0.4) is 0 Å². The second-order valence-electron chi connectivity index (χ2n) is 4.90. The van der Waals surface area contributed by atoms with Gasteiger partial charge in [-0.25, -0.2) is 15.4 Å². The first-order valence-corrected chi connectivity index (χ1v) is 7.57. The molecule has 0 aliphatic carbocycles. The first kappa shape index (κ1) is 17.2. The number of halogens is 1. The average molecular weight is 371 g/mol. The zero-order chi connectivity index (χ0) is 18.5. The molecule has 9 nitrogen and oxygen atoms in total. The first-order chi connectivity index (χ1) is 12.6. The van der Waals surface area contributed by atoms with Crippen LogP contribution in [0.5, 0.6) is 11.6 Å².